The normalized spacial score (nSPS) is 9.44. The first-order valence-corrected chi connectivity index (χ1v) is 7.43. The van der Waals surface area contributed by atoms with Gasteiger partial charge in [-0.2, -0.15) is 0 Å². The molecular weight excluding hydrogens is 358 g/mol. The number of nitrogens with one attached hydrogen (secondary N) is 1. The number of anilines is 2. The number of rotatable bonds is 3. The zero-order valence-corrected chi connectivity index (χ0v) is 14.3. The van der Waals surface area contributed by atoms with Crippen LogP contribution in [0.4, 0.5) is 31.5 Å². The van der Waals surface area contributed by atoms with E-state index < -0.39 is 30.8 Å². The number of benzene rings is 2. The van der Waals surface area contributed by atoms with Crippen LogP contribution >= 0.6 is 0 Å². The molecule has 5 N–H and O–H groups in total. The number of carbonyl (C=O) groups is 1. The molecule has 1 amide bonds. The minimum absolute atomic E-state index is 0.0287. The van der Waals surface area contributed by atoms with E-state index in [4.69, 9.17) is 29.1 Å². The molecule has 140 valence electrons. The van der Waals surface area contributed by atoms with Crippen LogP contribution in [0.3, 0.4) is 0 Å². The number of halogens is 2. The van der Waals surface area contributed by atoms with Gasteiger partial charge in [0.05, 0.1) is 37.7 Å². The Kier molecular flexibility index (Phi) is 7.83. The van der Waals surface area contributed by atoms with Crippen molar-refractivity contribution in [2.75, 3.05) is 11.1 Å². The Bertz CT molecular complexity index is 934. The van der Waals surface area contributed by atoms with E-state index in [2.05, 4.69) is 15.0 Å². The third-order valence-electron chi connectivity index (χ3n) is 3.33. The summed E-state index contributed by atoms with van der Waals surface area (Å²) in [5.41, 5.74) is 5.16. The Morgan fingerprint density at radius 1 is 1.04 bits per heavy atom. The molecule has 0 spiro atoms. The van der Waals surface area contributed by atoms with Gasteiger partial charge in [-0.05, 0) is 12.1 Å². The quantitative estimate of drug-likeness (QED) is 0.489. The third kappa shape index (κ3) is 5.22. The van der Waals surface area contributed by atoms with Gasteiger partial charge in [0.1, 0.15) is 11.6 Å². The summed E-state index contributed by atoms with van der Waals surface area (Å²) >= 11 is 0. The number of hydrogen-bond acceptors (Lipinski definition) is 4. The van der Waals surface area contributed by atoms with Crippen molar-refractivity contribution in [2.24, 2.45) is 0 Å². The SMILES string of the molecule is [C-]#[N+]c1ccc(N)c(F)c1CO.[C-]#[N+]c1ccc(NC(C)=O)c(F)c1CO. The number of nitrogens with zero attached hydrogens (tertiary/aromatic N) is 2. The number of amides is 1. The van der Waals surface area contributed by atoms with E-state index in [1.165, 1.54) is 31.2 Å². The summed E-state index contributed by atoms with van der Waals surface area (Å²) < 4.78 is 26.6. The molecule has 0 radical (unpaired) electrons. The van der Waals surface area contributed by atoms with E-state index in [1.807, 2.05) is 0 Å². The molecule has 9 heteroatoms. The molecule has 0 unspecified atom stereocenters. The van der Waals surface area contributed by atoms with Crippen LogP contribution < -0.4 is 11.1 Å². The summed E-state index contributed by atoms with van der Waals surface area (Å²) in [6.07, 6.45) is 0. The summed E-state index contributed by atoms with van der Waals surface area (Å²) in [5.74, 6) is -1.87. The molecule has 27 heavy (non-hydrogen) atoms. The molecule has 2 aromatic rings. The van der Waals surface area contributed by atoms with Crippen molar-refractivity contribution in [3.05, 3.63) is 69.9 Å². The zero-order chi connectivity index (χ0) is 20.6. The summed E-state index contributed by atoms with van der Waals surface area (Å²) in [7, 11) is 0. The summed E-state index contributed by atoms with van der Waals surface area (Å²) in [6, 6.07) is 5.34. The van der Waals surface area contributed by atoms with Gasteiger partial charge in [0.25, 0.3) is 0 Å². The van der Waals surface area contributed by atoms with Crippen LogP contribution in [0.25, 0.3) is 9.69 Å². The summed E-state index contributed by atoms with van der Waals surface area (Å²) in [4.78, 5) is 16.8. The van der Waals surface area contributed by atoms with Crippen molar-refractivity contribution < 1.29 is 23.8 Å². The first-order valence-electron chi connectivity index (χ1n) is 7.43. The standard InChI is InChI=1S/C10H9FN2O2.C8H7FN2O/c1-6(15)13-9-4-3-8(12-2)7(5-14)10(9)11;1-11-7-3-2-6(10)8(9)5(7)4-12/h3-4,14H,5H2,1H3,(H,13,15);2-3,12H,4,10H2. The predicted octanol–water partition coefficient (Wildman–Crippen LogP) is 3.28. The second-order valence-electron chi connectivity index (χ2n) is 5.11. The highest BCUT2D eigenvalue weighted by molar-refractivity contribution is 5.89. The van der Waals surface area contributed by atoms with Crippen LogP contribution in [-0.4, -0.2) is 16.1 Å². The second kappa shape index (κ2) is 9.82. The van der Waals surface area contributed by atoms with Gasteiger partial charge in [0.2, 0.25) is 5.91 Å². The molecule has 0 atom stereocenters. The summed E-state index contributed by atoms with van der Waals surface area (Å²) in [6.45, 7) is 13.6. The molecule has 0 aliphatic heterocycles. The van der Waals surface area contributed by atoms with Crippen molar-refractivity contribution >= 4 is 28.7 Å². The number of nitrogen functional groups attached to an aromatic ring is 1. The average Bonchev–Trinajstić information content (AvgIpc) is 2.65. The lowest BCUT2D eigenvalue weighted by molar-refractivity contribution is -0.114. The summed E-state index contributed by atoms with van der Waals surface area (Å²) in [5, 5.41) is 19.9. The van der Waals surface area contributed by atoms with E-state index in [1.54, 1.807) is 0 Å². The van der Waals surface area contributed by atoms with Crippen LogP contribution in [-0.2, 0) is 18.0 Å². The molecule has 2 rings (SSSR count). The lowest BCUT2D eigenvalue weighted by atomic mass is 10.1. The highest BCUT2D eigenvalue weighted by Gasteiger charge is 2.13. The number of aliphatic hydroxyl groups excluding tert-OH is 2. The van der Waals surface area contributed by atoms with Gasteiger partial charge in [-0.3, -0.25) is 4.79 Å². The van der Waals surface area contributed by atoms with Crippen LogP contribution in [0, 0.1) is 24.8 Å². The molecule has 0 heterocycles. The topological polar surface area (TPSA) is 104 Å². The largest absolute Gasteiger partial charge is 0.396 e. The molecule has 0 aromatic heterocycles. The maximum atomic E-state index is 13.6. The minimum atomic E-state index is -0.763. The molecule has 2 aromatic carbocycles. The van der Waals surface area contributed by atoms with E-state index in [-0.39, 0.29) is 33.9 Å². The van der Waals surface area contributed by atoms with Gasteiger partial charge in [0.15, 0.2) is 11.4 Å². The number of aliphatic hydroxyl groups is 2. The van der Waals surface area contributed by atoms with Crippen molar-refractivity contribution in [1.82, 2.24) is 0 Å². The third-order valence-corrected chi connectivity index (χ3v) is 3.33. The van der Waals surface area contributed by atoms with Gasteiger partial charge >= 0.3 is 0 Å². The van der Waals surface area contributed by atoms with Crippen molar-refractivity contribution in [1.29, 1.82) is 0 Å². The van der Waals surface area contributed by atoms with Crippen molar-refractivity contribution in [3.63, 3.8) is 0 Å². The maximum absolute atomic E-state index is 13.6. The maximum Gasteiger partial charge on any atom is 0.221 e. The number of hydrogen-bond donors (Lipinski definition) is 4. The lowest BCUT2D eigenvalue weighted by Gasteiger charge is -2.08. The van der Waals surface area contributed by atoms with Gasteiger partial charge in [-0.25, -0.2) is 18.5 Å². The Hall–Kier alpha value is -3.53. The molecule has 0 saturated carbocycles. The Balaban J connectivity index is 0.000000277. The van der Waals surface area contributed by atoms with Gasteiger partial charge in [-0.15, -0.1) is 0 Å². The fourth-order valence-electron chi connectivity index (χ4n) is 2.04. The molecule has 0 aliphatic rings. The Labute approximate surface area is 154 Å². The Morgan fingerprint density at radius 3 is 1.96 bits per heavy atom. The van der Waals surface area contributed by atoms with Gasteiger partial charge in [-0.1, -0.05) is 12.1 Å². The monoisotopic (exact) mass is 374 g/mol. The van der Waals surface area contributed by atoms with Crippen LogP contribution in [0.1, 0.15) is 18.1 Å². The van der Waals surface area contributed by atoms with Crippen LogP contribution in [0.2, 0.25) is 0 Å². The molecular formula is C18H16F2N4O3. The zero-order valence-electron chi connectivity index (χ0n) is 14.3. The Morgan fingerprint density at radius 2 is 1.52 bits per heavy atom. The number of nitrogens with two attached hydrogens (primary N) is 1. The molecule has 0 saturated heterocycles. The second-order valence-corrected chi connectivity index (χ2v) is 5.11. The average molecular weight is 374 g/mol. The minimum Gasteiger partial charge on any atom is -0.396 e. The van der Waals surface area contributed by atoms with E-state index in [0.717, 1.165) is 0 Å². The lowest BCUT2D eigenvalue weighted by Crippen LogP contribution is -2.08. The highest BCUT2D eigenvalue weighted by Crippen LogP contribution is 2.28. The molecule has 0 bridgehead atoms. The highest BCUT2D eigenvalue weighted by atomic mass is 19.1. The smallest absolute Gasteiger partial charge is 0.221 e. The van der Waals surface area contributed by atoms with E-state index in [9.17, 15) is 13.6 Å². The molecule has 7 nitrogen and oxygen atoms in total. The van der Waals surface area contributed by atoms with E-state index >= 15 is 0 Å². The van der Waals surface area contributed by atoms with Gasteiger partial charge < -0.3 is 21.3 Å². The van der Waals surface area contributed by atoms with Gasteiger partial charge in [0, 0.05) is 18.1 Å². The van der Waals surface area contributed by atoms with E-state index in [0.29, 0.717) is 0 Å². The van der Waals surface area contributed by atoms with Crippen LogP contribution in [0.5, 0.6) is 0 Å². The first-order chi connectivity index (χ1) is 12.8. The fraction of sp³-hybridized carbons (Fsp3) is 0.167. The van der Waals surface area contributed by atoms with Crippen molar-refractivity contribution in [2.45, 2.75) is 20.1 Å². The van der Waals surface area contributed by atoms with Crippen LogP contribution in [0.15, 0.2) is 24.3 Å². The molecule has 0 fully saturated rings. The molecule has 0 aliphatic carbocycles. The number of carbonyl (C=O) groups excluding carboxylic acids is 1. The predicted molar refractivity (Wildman–Crippen MR) is 95.9 cm³/mol. The van der Waals surface area contributed by atoms with Crippen molar-refractivity contribution in [3.8, 4) is 0 Å². The first kappa shape index (κ1) is 21.5. The fourth-order valence-corrected chi connectivity index (χ4v) is 2.04.